The fourth-order valence-corrected chi connectivity index (χ4v) is 2.09. The first-order valence-corrected chi connectivity index (χ1v) is 6.30. The lowest BCUT2D eigenvalue weighted by atomic mass is 10.2. The summed E-state index contributed by atoms with van der Waals surface area (Å²) in [4.78, 5) is 12.8. The minimum Gasteiger partial charge on any atom is -0.322 e. The van der Waals surface area contributed by atoms with Crippen molar-refractivity contribution in [1.29, 1.82) is 0 Å². The normalized spacial score (nSPS) is 12.8. The van der Waals surface area contributed by atoms with Gasteiger partial charge in [-0.3, -0.25) is 10.1 Å². The van der Waals surface area contributed by atoms with E-state index >= 15 is 0 Å². The predicted molar refractivity (Wildman–Crippen MR) is 66.6 cm³/mol. The van der Waals surface area contributed by atoms with Gasteiger partial charge in [0, 0.05) is 18.7 Å². The van der Waals surface area contributed by atoms with Crippen LogP contribution >= 0.6 is 0 Å². The van der Waals surface area contributed by atoms with Gasteiger partial charge in [-0.2, -0.15) is 26.3 Å². The fraction of sp³-hybridized carbons (Fsp3) is 0.417. The summed E-state index contributed by atoms with van der Waals surface area (Å²) in [5, 5.41) is 10.7. The largest absolute Gasteiger partial charge is 0.461 e. The summed E-state index contributed by atoms with van der Waals surface area (Å²) in [5.41, 5.74) is -1.91. The Morgan fingerprint density at radius 1 is 1.26 bits per heavy atom. The Bertz CT molecular complexity index is 768. The minimum absolute atomic E-state index is 0.164. The first-order chi connectivity index (χ1) is 10.5. The molecule has 1 aromatic heterocycles. The molecule has 0 fully saturated rings. The number of nitro benzene ring substituents is 1. The van der Waals surface area contributed by atoms with Crippen LogP contribution < -0.4 is 0 Å². The lowest BCUT2D eigenvalue weighted by Crippen LogP contribution is -2.36. The van der Waals surface area contributed by atoms with E-state index in [1.54, 1.807) is 0 Å². The molecule has 0 aliphatic rings. The molecule has 0 aliphatic heterocycles. The van der Waals surface area contributed by atoms with Gasteiger partial charge < -0.3 is 4.57 Å². The molecule has 1 heterocycles. The van der Waals surface area contributed by atoms with Crippen LogP contribution in [0.5, 0.6) is 0 Å². The van der Waals surface area contributed by atoms with Gasteiger partial charge in [-0.05, 0) is 6.42 Å². The zero-order chi connectivity index (χ0) is 17.6. The molecular weight excluding hydrogens is 332 g/mol. The van der Waals surface area contributed by atoms with Gasteiger partial charge in [0.1, 0.15) is 0 Å². The molecule has 23 heavy (non-hydrogen) atoms. The molecule has 0 spiro atoms. The van der Waals surface area contributed by atoms with Gasteiger partial charge in [-0.1, -0.05) is 6.92 Å². The van der Waals surface area contributed by atoms with Crippen molar-refractivity contribution in [2.75, 3.05) is 0 Å². The monoisotopic (exact) mass is 341 g/mol. The number of aromatic nitrogens is 2. The van der Waals surface area contributed by atoms with Crippen LogP contribution in [0, 0.1) is 15.9 Å². The fourth-order valence-electron chi connectivity index (χ4n) is 2.09. The van der Waals surface area contributed by atoms with Gasteiger partial charge in [-0.15, -0.1) is 0 Å². The molecule has 5 nitrogen and oxygen atoms in total. The van der Waals surface area contributed by atoms with Gasteiger partial charge in [0.25, 0.3) is 0 Å². The van der Waals surface area contributed by atoms with E-state index in [0.29, 0.717) is 16.7 Å². The van der Waals surface area contributed by atoms with Gasteiger partial charge in [-0.25, -0.2) is 4.98 Å². The zero-order valence-electron chi connectivity index (χ0n) is 11.5. The maximum Gasteiger partial charge on any atom is 0.461 e. The second kappa shape index (κ2) is 5.39. The highest BCUT2D eigenvalue weighted by molar-refractivity contribution is 5.79. The highest BCUT2D eigenvalue weighted by Gasteiger charge is 2.61. The summed E-state index contributed by atoms with van der Waals surface area (Å²) in [6, 6.07) is 1.07. The third kappa shape index (κ3) is 2.70. The van der Waals surface area contributed by atoms with Crippen LogP contribution in [0.2, 0.25) is 0 Å². The Morgan fingerprint density at radius 2 is 1.87 bits per heavy atom. The molecule has 2 rings (SSSR count). The molecule has 0 N–H and O–H groups in total. The molecular formula is C12H9F6N3O2. The summed E-state index contributed by atoms with van der Waals surface area (Å²) in [7, 11) is 0. The van der Waals surface area contributed by atoms with E-state index in [0.717, 1.165) is 0 Å². The average Bonchev–Trinajstić information content (AvgIpc) is 2.75. The van der Waals surface area contributed by atoms with Crippen molar-refractivity contribution in [3.8, 4) is 0 Å². The van der Waals surface area contributed by atoms with Crippen molar-refractivity contribution in [2.24, 2.45) is 0 Å². The number of rotatable bonds is 4. The van der Waals surface area contributed by atoms with Gasteiger partial charge in [0.2, 0.25) is 5.82 Å². The van der Waals surface area contributed by atoms with E-state index in [9.17, 15) is 36.5 Å². The molecule has 0 saturated carbocycles. The number of alkyl halides is 5. The third-order valence-electron chi connectivity index (χ3n) is 3.10. The molecule has 0 saturated heterocycles. The standard InChI is InChI=1S/C12H9F6N3O2/c1-2-3-20-9-5-8(21(22)23)6(13)4-7(9)19-10(20)11(14,15)12(16,17)18/h4-5H,2-3H2,1H3. The Morgan fingerprint density at radius 3 is 2.35 bits per heavy atom. The summed E-state index contributed by atoms with van der Waals surface area (Å²) in [5.74, 6) is -8.26. The summed E-state index contributed by atoms with van der Waals surface area (Å²) in [6.07, 6.45) is -5.73. The minimum atomic E-state index is -5.90. The van der Waals surface area contributed by atoms with E-state index in [4.69, 9.17) is 0 Å². The summed E-state index contributed by atoms with van der Waals surface area (Å²) >= 11 is 0. The lowest BCUT2D eigenvalue weighted by molar-refractivity contribution is -0.387. The van der Waals surface area contributed by atoms with E-state index < -0.39 is 39.9 Å². The number of nitro groups is 1. The smallest absolute Gasteiger partial charge is 0.322 e. The number of aryl methyl sites for hydroxylation is 1. The van der Waals surface area contributed by atoms with Gasteiger partial charge in [0.05, 0.1) is 16.0 Å². The molecule has 2 aromatic rings. The molecule has 11 heteroatoms. The first-order valence-electron chi connectivity index (χ1n) is 6.30. The van der Waals surface area contributed by atoms with Crippen LogP contribution in [0.3, 0.4) is 0 Å². The van der Waals surface area contributed by atoms with Crippen LogP contribution in [0.4, 0.5) is 32.0 Å². The van der Waals surface area contributed by atoms with Crippen molar-refractivity contribution < 1.29 is 31.3 Å². The lowest BCUT2D eigenvalue weighted by Gasteiger charge is -2.20. The zero-order valence-corrected chi connectivity index (χ0v) is 11.5. The maximum atomic E-state index is 13.6. The van der Waals surface area contributed by atoms with Gasteiger partial charge in [0.15, 0.2) is 5.82 Å². The molecule has 0 atom stereocenters. The Balaban J connectivity index is 2.81. The van der Waals surface area contributed by atoms with E-state index in [1.165, 1.54) is 6.92 Å². The Labute approximate surface area is 124 Å². The van der Waals surface area contributed by atoms with Crippen molar-refractivity contribution in [3.63, 3.8) is 0 Å². The predicted octanol–water partition coefficient (Wildman–Crippen LogP) is 4.15. The highest BCUT2D eigenvalue weighted by Crippen LogP contribution is 2.44. The van der Waals surface area contributed by atoms with Crippen LogP contribution in [0.15, 0.2) is 12.1 Å². The quantitative estimate of drug-likeness (QED) is 0.477. The molecule has 0 unspecified atom stereocenters. The summed E-state index contributed by atoms with van der Waals surface area (Å²) in [6.45, 7) is 1.22. The maximum absolute atomic E-state index is 13.6. The number of hydrogen-bond donors (Lipinski definition) is 0. The Kier molecular flexibility index (Phi) is 3.99. The molecule has 0 radical (unpaired) electrons. The van der Waals surface area contributed by atoms with Crippen molar-refractivity contribution in [1.82, 2.24) is 9.55 Å². The first kappa shape index (κ1) is 17.0. The number of imidazole rings is 1. The van der Waals surface area contributed by atoms with Crippen LogP contribution in [-0.4, -0.2) is 20.7 Å². The second-order valence-electron chi connectivity index (χ2n) is 4.71. The van der Waals surface area contributed by atoms with Gasteiger partial charge >= 0.3 is 17.8 Å². The van der Waals surface area contributed by atoms with Crippen molar-refractivity contribution in [2.45, 2.75) is 32.0 Å². The number of fused-ring (bicyclic) bond motifs is 1. The van der Waals surface area contributed by atoms with E-state index in [-0.39, 0.29) is 18.5 Å². The van der Waals surface area contributed by atoms with Crippen LogP contribution in [0.25, 0.3) is 11.0 Å². The van der Waals surface area contributed by atoms with Crippen molar-refractivity contribution in [3.05, 3.63) is 33.9 Å². The number of nitrogens with zero attached hydrogens (tertiary/aromatic N) is 3. The topological polar surface area (TPSA) is 61.0 Å². The molecule has 1 aromatic carbocycles. The molecule has 126 valence electrons. The second-order valence-corrected chi connectivity index (χ2v) is 4.71. The summed E-state index contributed by atoms with van der Waals surface area (Å²) < 4.78 is 79.0. The SMILES string of the molecule is CCCn1c(C(F)(F)C(F)(F)F)nc2cc(F)c([N+](=O)[O-])cc21. The van der Waals surface area contributed by atoms with E-state index in [2.05, 4.69) is 4.98 Å². The van der Waals surface area contributed by atoms with Crippen LogP contribution in [-0.2, 0) is 12.5 Å². The number of halogens is 6. The average molecular weight is 341 g/mol. The van der Waals surface area contributed by atoms with Crippen LogP contribution in [0.1, 0.15) is 19.2 Å². The Hall–Kier alpha value is -2.33. The molecule has 0 amide bonds. The molecule has 0 aliphatic carbocycles. The number of benzene rings is 1. The van der Waals surface area contributed by atoms with E-state index in [1.807, 2.05) is 0 Å². The van der Waals surface area contributed by atoms with Crippen molar-refractivity contribution >= 4 is 16.7 Å². The molecule has 0 bridgehead atoms. The third-order valence-corrected chi connectivity index (χ3v) is 3.10. The number of hydrogen-bond acceptors (Lipinski definition) is 3. The highest BCUT2D eigenvalue weighted by atomic mass is 19.4.